The third-order valence-electron chi connectivity index (χ3n) is 2.66. The van der Waals surface area contributed by atoms with Gasteiger partial charge in [-0.1, -0.05) is 6.92 Å². The van der Waals surface area contributed by atoms with E-state index in [1.807, 2.05) is 19.9 Å². The molecule has 1 aromatic heterocycles. The number of nitrogens with one attached hydrogen (secondary N) is 1. The molecular formula is C13H14F2N2. The minimum Gasteiger partial charge on any atom is -0.385 e. The van der Waals surface area contributed by atoms with Crippen molar-refractivity contribution >= 4 is 16.6 Å². The number of nitrogens with zero attached hydrogens (tertiary/aromatic N) is 1. The molecule has 0 aliphatic heterocycles. The van der Waals surface area contributed by atoms with Crippen molar-refractivity contribution < 1.29 is 8.78 Å². The SMILES string of the molecule is CCNc1cc(CC)nc2c(F)c(F)ccc12. The topological polar surface area (TPSA) is 24.9 Å². The molecule has 0 fully saturated rings. The Balaban J connectivity index is 2.76. The van der Waals surface area contributed by atoms with E-state index < -0.39 is 11.6 Å². The normalized spacial score (nSPS) is 10.8. The second kappa shape index (κ2) is 4.65. The first-order valence-corrected chi connectivity index (χ1v) is 5.68. The molecule has 90 valence electrons. The standard InChI is InChI=1S/C13H14F2N2/c1-3-8-7-11(16-4-2)9-5-6-10(14)12(15)13(9)17-8/h5-7H,3-4H2,1-2H3,(H,16,17). The van der Waals surface area contributed by atoms with Crippen LogP contribution in [0.2, 0.25) is 0 Å². The first kappa shape index (κ1) is 11.8. The molecule has 4 heteroatoms. The van der Waals surface area contributed by atoms with Crippen LogP contribution < -0.4 is 5.32 Å². The van der Waals surface area contributed by atoms with Crippen LogP contribution >= 0.6 is 0 Å². The van der Waals surface area contributed by atoms with E-state index in [-0.39, 0.29) is 5.52 Å². The van der Waals surface area contributed by atoms with Crippen LogP contribution in [0, 0.1) is 11.6 Å². The fraction of sp³-hybridized carbons (Fsp3) is 0.308. The zero-order valence-electron chi connectivity index (χ0n) is 9.85. The van der Waals surface area contributed by atoms with Crippen LogP contribution in [-0.2, 0) is 6.42 Å². The maximum Gasteiger partial charge on any atom is 0.185 e. The van der Waals surface area contributed by atoms with Crippen LogP contribution in [0.1, 0.15) is 19.5 Å². The molecule has 17 heavy (non-hydrogen) atoms. The molecule has 1 heterocycles. The van der Waals surface area contributed by atoms with E-state index in [4.69, 9.17) is 0 Å². The van der Waals surface area contributed by atoms with E-state index in [0.717, 1.165) is 24.0 Å². The zero-order chi connectivity index (χ0) is 12.4. The molecule has 0 unspecified atom stereocenters. The highest BCUT2D eigenvalue weighted by atomic mass is 19.2. The van der Waals surface area contributed by atoms with E-state index >= 15 is 0 Å². The lowest BCUT2D eigenvalue weighted by Crippen LogP contribution is -2.02. The van der Waals surface area contributed by atoms with E-state index in [1.54, 1.807) is 6.07 Å². The monoisotopic (exact) mass is 236 g/mol. The number of pyridine rings is 1. The zero-order valence-corrected chi connectivity index (χ0v) is 9.85. The summed E-state index contributed by atoms with van der Waals surface area (Å²) in [5.74, 6) is -1.74. The average Bonchev–Trinajstić information content (AvgIpc) is 2.34. The third-order valence-corrected chi connectivity index (χ3v) is 2.66. The lowest BCUT2D eigenvalue weighted by Gasteiger charge is -2.10. The Morgan fingerprint density at radius 3 is 2.65 bits per heavy atom. The largest absolute Gasteiger partial charge is 0.385 e. The summed E-state index contributed by atoms with van der Waals surface area (Å²) in [6.07, 6.45) is 0.685. The fourth-order valence-electron chi connectivity index (χ4n) is 1.80. The first-order chi connectivity index (χ1) is 8.17. The first-order valence-electron chi connectivity index (χ1n) is 5.68. The van der Waals surface area contributed by atoms with Gasteiger partial charge in [0.15, 0.2) is 11.6 Å². The van der Waals surface area contributed by atoms with Gasteiger partial charge in [-0.25, -0.2) is 13.8 Å². The molecule has 0 amide bonds. The minimum absolute atomic E-state index is 0.0975. The molecule has 0 atom stereocenters. The summed E-state index contributed by atoms with van der Waals surface area (Å²) in [7, 11) is 0. The summed E-state index contributed by atoms with van der Waals surface area (Å²) in [5, 5.41) is 3.76. The molecule has 0 aliphatic carbocycles. The van der Waals surface area contributed by atoms with Gasteiger partial charge in [0.25, 0.3) is 0 Å². The number of fused-ring (bicyclic) bond motifs is 1. The quantitative estimate of drug-likeness (QED) is 0.882. The Morgan fingerprint density at radius 2 is 2.00 bits per heavy atom. The van der Waals surface area contributed by atoms with Crippen molar-refractivity contribution in [3.63, 3.8) is 0 Å². The Kier molecular flexibility index (Phi) is 3.22. The number of aryl methyl sites for hydroxylation is 1. The van der Waals surface area contributed by atoms with Gasteiger partial charge in [-0.05, 0) is 31.5 Å². The molecular weight excluding hydrogens is 222 g/mol. The van der Waals surface area contributed by atoms with Crippen molar-refractivity contribution in [1.82, 2.24) is 4.98 Å². The summed E-state index contributed by atoms with van der Waals surface area (Å²) < 4.78 is 26.8. The Labute approximate surface area is 98.7 Å². The van der Waals surface area contributed by atoms with Crippen molar-refractivity contribution in [3.05, 3.63) is 35.5 Å². The number of anilines is 1. The van der Waals surface area contributed by atoms with E-state index in [1.165, 1.54) is 0 Å². The summed E-state index contributed by atoms with van der Waals surface area (Å²) in [6.45, 7) is 4.61. The van der Waals surface area contributed by atoms with Crippen LogP contribution in [0.5, 0.6) is 0 Å². The van der Waals surface area contributed by atoms with Gasteiger partial charge in [0.1, 0.15) is 5.52 Å². The number of halogens is 2. The second-order valence-electron chi connectivity index (χ2n) is 3.80. The molecule has 2 nitrogen and oxygen atoms in total. The lowest BCUT2D eigenvalue weighted by atomic mass is 10.1. The molecule has 1 aromatic carbocycles. The molecule has 0 aliphatic rings. The number of rotatable bonds is 3. The molecule has 0 bridgehead atoms. The van der Waals surface area contributed by atoms with Gasteiger partial charge in [0, 0.05) is 23.3 Å². The number of benzene rings is 1. The van der Waals surface area contributed by atoms with Gasteiger partial charge in [0.2, 0.25) is 0 Å². The summed E-state index contributed by atoms with van der Waals surface area (Å²) >= 11 is 0. The number of hydrogen-bond acceptors (Lipinski definition) is 2. The molecule has 1 N–H and O–H groups in total. The molecule has 0 spiro atoms. The smallest absolute Gasteiger partial charge is 0.185 e. The van der Waals surface area contributed by atoms with Crippen molar-refractivity contribution in [1.29, 1.82) is 0 Å². The number of hydrogen-bond donors (Lipinski definition) is 1. The van der Waals surface area contributed by atoms with Crippen molar-refractivity contribution in [2.45, 2.75) is 20.3 Å². The van der Waals surface area contributed by atoms with E-state index in [0.29, 0.717) is 11.8 Å². The van der Waals surface area contributed by atoms with Crippen LogP contribution in [0.4, 0.5) is 14.5 Å². The van der Waals surface area contributed by atoms with Crippen LogP contribution in [-0.4, -0.2) is 11.5 Å². The van der Waals surface area contributed by atoms with Crippen LogP contribution in [0.25, 0.3) is 10.9 Å². The summed E-state index contributed by atoms with van der Waals surface area (Å²) in [6, 6.07) is 4.56. The Bertz CT molecular complexity index is 553. The average molecular weight is 236 g/mol. The maximum atomic E-state index is 13.7. The lowest BCUT2D eigenvalue weighted by molar-refractivity contribution is 0.515. The predicted octanol–water partition coefficient (Wildman–Crippen LogP) is 3.51. The van der Waals surface area contributed by atoms with Gasteiger partial charge < -0.3 is 5.32 Å². The third kappa shape index (κ3) is 2.07. The maximum absolute atomic E-state index is 13.7. The Hall–Kier alpha value is -1.71. The second-order valence-corrected chi connectivity index (χ2v) is 3.80. The fourth-order valence-corrected chi connectivity index (χ4v) is 1.80. The molecule has 2 rings (SSSR count). The van der Waals surface area contributed by atoms with Gasteiger partial charge in [-0.3, -0.25) is 0 Å². The van der Waals surface area contributed by atoms with E-state index in [9.17, 15) is 8.78 Å². The molecule has 0 saturated carbocycles. The van der Waals surface area contributed by atoms with Crippen molar-refractivity contribution in [2.75, 3.05) is 11.9 Å². The van der Waals surface area contributed by atoms with Gasteiger partial charge >= 0.3 is 0 Å². The minimum atomic E-state index is -0.878. The van der Waals surface area contributed by atoms with Gasteiger partial charge in [-0.2, -0.15) is 0 Å². The van der Waals surface area contributed by atoms with E-state index in [2.05, 4.69) is 10.3 Å². The molecule has 0 saturated heterocycles. The number of aromatic nitrogens is 1. The van der Waals surface area contributed by atoms with Crippen LogP contribution in [0.15, 0.2) is 18.2 Å². The predicted molar refractivity (Wildman–Crippen MR) is 65.2 cm³/mol. The highest BCUT2D eigenvalue weighted by Gasteiger charge is 2.12. The van der Waals surface area contributed by atoms with Gasteiger partial charge in [0.05, 0.1) is 0 Å². The van der Waals surface area contributed by atoms with Crippen LogP contribution in [0.3, 0.4) is 0 Å². The van der Waals surface area contributed by atoms with Crippen molar-refractivity contribution in [3.8, 4) is 0 Å². The highest BCUT2D eigenvalue weighted by molar-refractivity contribution is 5.91. The van der Waals surface area contributed by atoms with Gasteiger partial charge in [-0.15, -0.1) is 0 Å². The highest BCUT2D eigenvalue weighted by Crippen LogP contribution is 2.26. The summed E-state index contributed by atoms with van der Waals surface area (Å²) in [4.78, 5) is 4.14. The molecule has 0 radical (unpaired) electrons. The summed E-state index contributed by atoms with van der Waals surface area (Å²) in [5.41, 5.74) is 1.64. The van der Waals surface area contributed by atoms with Crippen molar-refractivity contribution in [2.24, 2.45) is 0 Å². The molecule has 2 aromatic rings. The Morgan fingerprint density at radius 1 is 1.24 bits per heavy atom.